The lowest BCUT2D eigenvalue weighted by Crippen LogP contribution is -2.28. The Morgan fingerprint density at radius 3 is 2.47 bits per heavy atom. The van der Waals surface area contributed by atoms with E-state index in [1.54, 1.807) is 26.8 Å². The van der Waals surface area contributed by atoms with Crippen molar-refractivity contribution in [2.45, 2.75) is 51.7 Å². The minimum absolute atomic E-state index is 0.173. The second kappa shape index (κ2) is 8.84. The van der Waals surface area contributed by atoms with E-state index in [0.717, 1.165) is 16.8 Å². The van der Waals surface area contributed by atoms with Crippen LogP contribution < -0.4 is 14.5 Å². The van der Waals surface area contributed by atoms with E-state index in [2.05, 4.69) is 16.3 Å². The van der Waals surface area contributed by atoms with Gasteiger partial charge in [0.1, 0.15) is 5.60 Å². The molecule has 9 heteroatoms. The number of sulfonamides is 1. The number of fused-ring (bicyclic) bond motifs is 1. The average Bonchev–Trinajstić information content (AvgIpc) is 3.28. The number of amides is 1. The summed E-state index contributed by atoms with van der Waals surface area (Å²) in [7, 11) is -3.25. The van der Waals surface area contributed by atoms with E-state index in [0.29, 0.717) is 30.9 Å². The number of carbonyl (C=O) groups excluding carboxylic acids is 1. The van der Waals surface area contributed by atoms with E-state index >= 15 is 0 Å². The molecule has 1 fully saturated rings. The van der Waals surface area contributed by atoms with Crippen LogP contribution in [0, 0.1) is 11.3 Å². The maximum atomic E-state index is 12.3. The van der Waals surface area contributed by atoms with E-state index in [-0.39, 0.29) is 11.8 Å². The maximum absolute atomic E-state index is 12.3. The fourth-order valence-electron chi connectivity index (χ4n) is 4.70. The number of nitriles is 1. The third-order valence-electron chi connectivity index (χ3n) is 6.07. The summed E-state index contributed by atoms with van der Waals surface area (Å²) < 4.78 is 31.3. The summed E-state index contributed by atoms with van der Waals surface area (Å²) in [5, 5.41) is 12.8. The zero-order valence-electron chi connectivity index (χ0n) is 19.9. The van der Waals surface area contributed by atoms with Gasteiger partial charge in [-0.3, -0.25) is 9.62 Å². The number of hydrogen-bond donors (Lipinski definition) is 1. The molecule has 0 spiro atoms. The lowest BCUT2D eigenvalue weighted by atomic mass is 9.91. The highest BCUT2D eigenvalue weighted by atomic mass is 32.2. The molecular formula is C25H30N4O4S. The molecule has 0 radical (unpaired) electrons. The zero-order chi connectivity index (χ0) is 24.7. The Bertz CT molecular complexity index is 1230. The Balaban J connectivity index is 1.62. The molecule has 180 valence electrons. The van der Waals surface area contributed by atoms with Gasteiger partial charge in [-0.15, -0.1) is 0 Å². The van der Waals surface area contributed by atoms with Gasteiger partial charge in [0.05, 0.1) is 29.5 Å². The largest absolute Gasteiger partial charge is 0.444 e. The minimum Gasteiger partial charge on any atom is -0.444 e. The molecule has 1 amide bonds. The third kappa shape index (κ3) is 4.55. The average molecular weight is 483 g/mol. The third-order valence-corrected chi connectivity index (χ3v) is 7.94. The van der Waals surface area contributed by atoms with E-state index < -0.39 is 27.6 Å². The molecule has 4 rings (SSSR count). The summed E-state index contributed by atoms with van der Waals surface area (Å²) in [5.74, 6) is -0.223. The highest BCUT2D eigenvalue weighted by Crippen LogP contribution is 2.49. The molecule has 2 aliphatic rings. The van der Waals surface area contributed by atoms with Gasteiger partial charge >= 0.3 is 6.09 Å². The van der Waals surface area contributed by atoms with Crippen molar-refractivity contribution in [3.8, 4) is 6.07 Å². The van der Waals surface area contributed by atoms with Crippen LogP contribution in [0.4, 0.5) is 21.9 Å². The first-order valence-electron chi connectivity index (χ1n) is 11.4. The second-order valence-corrected chi connectivity index (χ2v) is 11.6. The van der Waals surface area contributed by atoms with Crippen LogP contribution in [-0.4, -0.2) is 39.0 Å². The fraction of sp³-hybridized carbons (Fsp3) is 0.440. The van der Waals surface area contributed by atoms with Crippen LogP contribution in [-0.2, 0) is 14.8 Å². The van der Waals surface area contributed by atoms with Gasteiger partial charge in [0.2, 0.25) is 10.0 Å². The Kier molecular flexibility index (Phi) is 6.21. The SMILES string of the molecule is CCN1c2cc(NC(=O)OC(C)(C)C)ccc2C(C#N)C1c1ccc(N2CCCS2(=O)=O)cc1. The lowest BCUT2D eigenvalue weighted by Gasteiger charge is -2.28. The summed E-state index contributed by atoms with van der Waals surface area (Å²) in [6.45, 7) is 8.59. The van der Waals surface area contributed by atoms with Crippen molar-refractivity contribution < 1.29 is 17.9 Å². The van der Waals surface area contributed by atoms with Gasteiger partial charge in [-0.25, -0.2) is 13.2 Å². The molecule has 1 saturated heterocycles. The van der Waals surface area contributed by atoms with Crippen molar-refractivity contribution >= 4 is 33.2 Å². The number of nitrogens with zero attached hydrogens (tertiary/aromatic N) is 3. The van der Waals surface area contributed by atoms with Crippen LogP contribution in [0.15, 0.2) is 42.5 Å². The second-order valence-electron chi connectivity index (χ2n) is 9.57. The van der Waals surface area contributed by atoms with Crippen molar-refractivity contribution in [3.05, 3.63) is 53.6 Å². The van der Waals surface area contributed by atoms with E-state index in [4.69, 9.17) is 4.74 Å². The first kappa shape index (κ1) is 23.9. The number of anilines is 3. The molecule has 2 heterocycles. The van der Waals surface area contributed by atoms with Crippen molar-refractivity contribution in [3.63, 3.8) is 0 Å². The van der Waals surface area contributed by atoms with Crippen LogP contribution in [0.25, 0.3) is 0 Å². The number of hydrogen-bond acceptors (Lipinski definition) is 6. The fourth-order valence-corrected chi connectivity index (χ4v) is 6.27. The van der Waals surface area contributed by atoms with E-state index in [9.17, 15) is 18.5 Å². The molecule has 2 aromatic rings. The van der Waals surface area contributed by atoms with Crippen LogP contribution in [0.3, 0.4) is 0 Å². The molecule has 0 saturated carbocycles. The molecule has 0 aliphatic carbocycles. The standard InChI is InChI=1S/C25H30N4O4S/c1-5-28-22-15-18(27-24(30)33-25(2,3)4)9-12-20(22)21(16-26)23(28)17-7-10-19(11-8-17)29-13-6-14-34(29,31)32/h7-12,15,21,23H,5-6,13-14H2,1-4H3,(H,27,30). The zero-order valence-corrected chi connectivity index (χ0v) is 20.7. The highest BCUT2D eigenvalue weighted by Gasteiger charge is 2.39. The first-order chi connectivity index (χ1) is 16.0. The lowest BCUT2D eigenvalue weighted by molar-refractivity contribution is 0.0636. The topological polar surface area (TPSA) is 103 Å². The van der Waals surface area contributed by atoms with Crippen LogP contribution >= 0.6 is 0 Å². The van der Waals surface area contributed by atoms with Gasteiger partial charge in [0.15, 0.2) is 0 Å². The van der Waals surface area contributed by atoms with Crippen molar-refractivity contribution in [2.24, 2.45) is 0 Å². The molecular weight excluding hydrogens is 452 g/mol. The highest BCUT2D eigenvalue weighted by molar-refractivity contribution is 7.93. The van der Waals surface area contributed by atoms with Crippen molar-refractivity contribution in [1.29, 1.82) is 5.26 Å². The van der Waals surface area contributed by atoms with Crippen molar-refractivity contribution in [2.75, 3.05) is 33.4 Å². The monoisotopic (exact) mass is 482 g/mol. The summed E-state index contributed by atoms with van der Waals surface area (Å²) in [4.78, 5) is 14.4. The summed E-state index contributed by atoms with van der Waals surface area (Å²) in [5.41, 5.74) is 3.37. The maximum Gasteiger partial charge on any atom is 0.412 e. The van der Waals surface area contributed by atoms with Gasteiger partial charge in [0.25, 0.3) is 0 Å². The predicted molar refractivity (Wildman–Crippen MR) is 133 cm³/mol. The van der Waals surface area contributed by atoms with E-state index in [1.165, 1.54) is 4.31 Å². The van der Waals surface area contributed by atoms with Gasteiger partial charge in [-0.2, -0.15) is 5.26 Å². The molecule has 2 atom stereocenters. The van der Waals surface area contributed by atoms with Gasteiger partial charge < -0.3 is 9.64 Å². The van der Waals surface area contributed by atoms with Gasteiger partial charge in [0, 0.05) is 24.5 Å². The molecule has 8 nitrogen and oxygen atoms in total. The van der Waals surface area contributed by atoms with Gasteiger partial charge in [-0.1, -0.05) is 18.2 Å². The summed E-state index contributed by atoms with van der Waals surface area (Å²) in [6, 6.07) is 15.2. The molecule has 34 heavy (non-hydrogen) atoms. The summed E-state index contributed by atoms with van der Waals surface area (Å²) in [6.07, 6.45) is 0.0938. The number of carbonyl (C=O) groups is 1. The normalized spacial score (nSPS) is 21.1. The Labute approximate surface area is 201 Å². The van der Waals surface area contributed by atoms with Crippen molar-refractivity contribution in [1.82, 2.24) is 0 Å². The number of likely N-dealkylation sites (N-methyl/N-ethyl adjacent to an activating group) is 1. The Morgan fingerprint density at radius 2 is 1.91 bits per heavy atom. The number of nitrogens with one attached hydrogen (secondary N) is 1. The molecule has 2 unspecified atom stereocenters. The van der Waals surface area contributed by atoms with Gasteiger partial charge in [-0.05, 0) is 69.5 Å². The number of benzene rings is 2. The van der Waals surface area contributed by atoms with Crippen LogP contribution in [0.1, 0.15) is 57.2 Å². The predicted octanol–water partition coefficient (Wildman–Crippen LogP) is 4.76. The molecule has 2 aliphatic heterocycles. The number of ether oxygens (including phenoxy) is 1. The smallest absolute Gasteiger partial charge is 0.412 e. The Morgan fingerprint density at radius 1 is 1.21 bits per heavy atom. The summed E-state index contributed by atoms with van der Waals surface area (Å²) >= 11 is 0. The number of rotatable bonds is 4. The molecule has 0 aromatic heterocycles. The van der Waals surface area contributed by atoms with Crippen LogP contribution in [0.2, 0.25) is 0 Å². The first-order valence-corrected chi connectivity index (χ1v) is 13.1. The minimum atomic E-state index is -3.25. The molecule has 0 bridgehead atoms. The van der Waals surface area contributed by atoms with E-state index in [1.807, 2.05) is 43.3 Å². The molecule has 2 aromatic carbocycles. The Hall–Kier alpha value is -3.25. The molecule has 1 N–H and O–H groups in total. The quantitative estimate of drug-likeness (QED) is 0.674. The van der Waals surface area contributed by atoms with Crippen LogP contribution in [0.5, 0.6) is 0 Å².